The van der Waals surface area contributed by atoms with Crippen molar-refractivity contribution in [2.45, 2.75) is 58.7 Å². The van der Waals surface area contributed by atoms with Crippen molar-refractivity contribution < 1.29 is 14.4 Å². The van der Waals surface area contributed by atoms with Gasteiger partial charge < -0.3 is 14.5 Å². The zero-order valence-corrected chi connectivity index (χ0v) is 17.2. The molecule has 2 aliphatic heterocycles. The van der Waals surface area contributed by atoms with E-state index in [1.807, 2.05) is 25.7 Å². The number of piperidine rings is 1. The second kappa shape index (κ2) is 5.98. The molecular weight excluding hydrogens is 340 g/mol. The number of oxime groups is 1. The molecule has 2 fully saturated rings. The molecule has 0 N–H and O–H groups in total. The van der Waals surface area contributed by atoms with Crippen molar-refractivity contribution in [2.24, 2.45) is 22.9 Å². The predicted octanol–water partition coefficient (Wildman–Crippen LogP) is 4.36. The van der Waals surface area contributed by atoms with E-state index in [9.17, 15) is 4.79 Å². The number of fused-ring (bicyclic) bond motifs is 1. The van der Waals surface area contributed by atoms with E-state index in [-0.39, 0.29) is 17.6 Å². The van der Waals surface area contributed by atoms with Gasteiger partial charge in [-0.1, -0.05) is 35.0 Å². The topological polar surface area (TPSA) is 51.1 Å². The molecule has 5 nitrogen and oxygen atoms in total. The van der Waals surface area contributed by atoms with Crippen molar-refractivity contribution in [3.8, 4) is 0 Å². The van der Waals surface area contributed by atoms with Gasteiger partial charge in [-0.25, -0.2) is 4.79 Å². The van der Waals surface area contributed by atoms with Crippen LogP contribution in [0.15, 0.2) is 29.4 Å². The Morgan fingerprint density at radius 1 is 1.26 bits per heavy atom. The van der Waals surface area contributed by atoms with E-state index >= 15 is 0 Å². The van der Waals surface area contributed by atoms with E-state index in [2.05, 4.69) is 50.2 Å². The molecule has 0 spiro atoms. The minimum Gasteiger partial charge on any atom is -0.444 e. The standard InChI is InChI=1S/C22H30N2O3/c1-13-8-7-9-14(10-13)18-19(23-27-22(18,5)6)17-15-11-24(12-16(15)17)20(25)26-21(2,3)4/h7-10,15-18H,11-12H2,1-6H3. The SMILES string of the molecule is Cc1cccc(C2C(C3C4CN(C(=O)OC(C)(C)C)CC43)=NOC2(C)C)c1. The van der Waals surface area contributed by atoms with Crippen LogP contribution in [0.3, 0.4) is 0 Å². The number of aryl methyl sites for hydroxylation is 1. The molecule has 3 aliphatic rings. The number of rotatable bonds is 2. The Hall–Kier alpha value is -2.04. The Kier molecular flexibility index (Phi) is 4.06. The van der Waals surface area contributed by atoms with Crippen LogP contribution in [0.2, 0.25) is 0 Å². The third-order valence-electron chi connectivity index (χ3n) is 5.94. The highest BCUT2D eigenvalue weighted by molar-refractivity contribution is 5.97. The smallest absolute Gasteiger partial charge is 0.410 e. The number of nitrogens with zero attached hydrogens (tertiary/aromatic N) is 2. The van der Waals surface area contributed by atoms with Gasteiger partial charge >= 0.3 is 6.09 Å². The highest BCUT2D eigenvalue weighted by Crippen LogP contribution is 2.57. The Morgan fingerprint density at radius 2 is 1.93 bits per heavy atom. The van der Waals surface area contributed by atoms with Crippen LogP contribution in [0, 0.1) is 24.7 Å². The summed E-state index contributed by atoms with van der Waals surface area (Å²) in [7, 11) is 0. The lowest BCUT2D eigenvalue weighted by atomic mass is 9.79. The lowest BCUT2D eigenvalue weighted by molar-refractivity contribution is 0.00186. The summed E-state index contributed by atoms with van der Waals surface area (Å²) in [6.45, 7) is 13.6. The molecule has 0 bridgehead atoms. The van der Waals surface area contributed by atoms with Gasteiger partial charge in [-0.3, -0.25) is 0 Å². The third kappa shape index (κ3) is 3.32. The Morgan fingerprint density at radius 3 is 2.52 bits per heavy atom. The molecule has 146 valence electrons. The van der Waals surface area contributed by atoms with E-state index < -0.39 is 5.60 Å². The molecule has 0 radical (unpaired) electrons. The van der Waals surface area contributed by atoms with Gasteiger partial charge in [-0.2, -0.15) is 0 Å². The van der Waals surface area contributed by atoms with E-state index in [1.165, 1.54) is 11.1 Å². The van der Waals surface area contributed by atoms with E-state index in [0.29, 0.717) is 17.8 Å². The summed E-state index contributed by atoms with van der Waals surface area (Å²) >= 11 is 0. The van der Waals surface area contributed by atoms with Crippen LogP contribution < -0.4 is 0 Å². The zero-order valence-electron chi connectivity index (χ0n) is 17.2. The van der Waals surface area contributed by atoms with Crippen LogP contribution in [0.4, 0.5) is 4.79 Å². The monoisotopic (exact) mass is 370 g/mol. The fraction of sp³-hybridized carbons (Fsp3) is 0.636. The first kappa shape index (κ1) is 18.3. The molecular formula is C22H30N2O3. The summed E-state index contributed by atoms with van der Waals surface area (Å²) < 4.78 is 5.52. The number of benzene rings is 1. The van der Waals surface area contributed by atoms with Crippen LogP contribution in [0.5, 0.6) is 0 Å². The van der Waals surface area contributed by atoms with E-state index in [4.69, 9.17) is 9.57 Å². The van der Waals surface area contributed by atoms with E-state index in [0.717, 1.165) is 18.8 Å². The minimum absolute atomic E-state index is 0.169. The number of carbonyl (C=O) groups excluding carboxylic acids is 1. The van der Waals surface area contributed by atoms with Crippen molar-refractivity contribution in [3.63, 3.8) is 0 Å². The Labute approximate surface area is 161 Å². The average Bonchev–Trinajstić information content (AvgIpc) is 2.88. The molecule has 1 aromatic rings. The maximum Gasteiger partial charge on any atom is 0.410 e. The number of hydrogen-bond donors (Lipinski definition) is 0. The molecule has 27 heavy (non-hydrogen) atoms. The molecule has 3 atom stereocenters. The van der Waals surface area contributed by atoms with Gasteiger partial charge in [0.05, 0.1) is 11.6 Å². The highest BCUT2D eigenvalue weighted by Gasteiger charge is 2.63. The maximum atomic E-state index is 12.3. The lowest BCUT2D eigenvalue weighted by Gasteiger charge is -2.28. The van der Waals surface area contributed by atoms with Crippen LogP contribution in [0.1, 0.15) is 51.7 Å². The highest BCUT2D eigenvalue weighted by atomic mass is 16.7. The van der Waals surface area contributed by atoms with Crippen molar-refractivity contribution in [1.29, 1.82) is 0 Å². The summed E-state index contributed by atoms with van der Waals surface area (Å²) in [4.78, 5) is 20.0. The van der Waals surface area contributed by atoms with Gasteiger partial charge in [0, 0.05) is 19.0 Å². The first-order chi connectivity index (χ1) is 12.6. The molecule has 4 rings (SSSR count). The fourth-order valence-corrected chi connectivity index (χ4v) is 4.75. The van der Waals surface area contributed by atoms with Crippen LogP contribution >= 0.6 is 0 Å². The fourth-order valence-electron chi connectivity index (χ4n) is 4.75. The van der Waals surface area contributed by atoms with Crippen molar-refractivity contribution in [3.05, 3.63) is 35.4 Å². The van der Waals surface area contributed by atoms with Crippen LogP contribution in [-0.4, -0.2) is 41.0 Å². The number of likely N-dealkylation sites (tertiary alicyclic amines) is 1. The normalized spacial score (nSPS) is 31.2. The molecule has 2 heterocycles. The van der Waals surface area contributed by atoms with Gasteiger partial charge in [0.15, 0.2) is 0 Å². The van der Waals surface area contributed by atoms with Crippen molar-refractivity contribution >= 4 is 11.8 Å². The molecule has 1 aromatic carbocycles. The quantitative estimate of drug-likeness (QED) is 0.777. The number of ether oxygens (including phenoxy) is 1. The van der Waals surface area contributed by atoms with Crippen molar-refractivity contribution in [2.75, 3.05) is 13.1 Å². The first-order valence-corrected chi connectivity index (χ1v) is 9.87. The molecule has 5 heteroatoms. The summed E-state index contributed by atoms with van der Waals surface area (Å²) in [6.07, 6.45) is -0.200. The average molecular weight is 370 g/mol. The molecule has 1 saturated heterocycles. The number of hydrogen-bond acceptors (Lipinski definition) is 4. The second-order valence-electron chi connectivity index (χ2n) is 9.80. The Balaban J connectivity index is 1.47. The maximum absolute atomic E-state index is 12.3. The van der Waals surface area contributed by atoms with Crippen LogP contribution in [-0.2, 0) is 9.57 Å². The number of carbonyl (C=O) groups is 1. The number of amides is 1. The lowest BCUT2D eigenvalue weighted by Crippen LogP contribution is -2.38. The summed E-state index contributed by atoms with van der Waals surface area (Å²) in [5, 5.41) is 4.53. The summed E-state index contributed by atoms with van der Waals surface area (Å²) in [5.41, 5.74) is 2.88. The molecule has 1 aliphatic carbocycles. The van der Waals surface area contributed by atoms with Gasteiger partial charge in [0.25, 0.3) is 0 Å². The molecule has 1 saturated carbocycles. The predicted molar refractivity (Wildman–Crippen MR) is 105 cm³/mol. The summed E-state index contributed by atoms with van der Waals surface area (Å²) in [5.74, 6) is 1.53. The molecule has 3 unspecified atom stereocenters. The third-order valence-corrected chi connectivity index (χ3v) is 5.94. The summed E-state index contributed by atoms with van der Waals surface area (Å²) in [6, 6.07) is 8.64. The zero-order chi connectivity index (χ0) is 19.6. The molecule has 0 aromatic heterocycles. The Bertz CT molecular complexity index is 781. The first-order valence-electron chi connectivity index (χ1n) is 9.87. The second-order valence-corrected chi connectivity index (χ2v) is 9.80. The minimum atomic E-state index is -0.451. The largest absolute Gasteiger partial charge is 0.444 e. The van der Waals surface area contributed by atoms with Gasteiger partial charge in [0.1, 0.15) is 11.2 Å². The van der Waals surface area contributed by atoms with Gasteiger partial charge in [-0.05, 0) is 58.9 Å². The van der Waals surface area contributed by atoms with E-state index in [1.54, 1.807) is 0 Å². The van der Waals surface area contributed by atoms with Crippen LogP contribution in [0.25, 0.3) is 0 Å². The van der Waals surface area contributed by atoms with Crippen molar-refractivity contribution in [1.82, 2.24) is 4.90 Å². The van der Waals surface area contributed by atoms with Gasteiger partial charge in [0.2, 0.25) is 0 Å². The molecule has 1 amide bonds. The van der Waals surface area contributed by atoms with Gasteiger partial charge in [-0.15, -0.1) is 0 Å².